The normalized spacial score (nSPS) is 10.7. The van der Waals surface area contributed by atoms with Crippen LogP contribution in [0.1, 0.15) is 22.4 Å². The molecule has 1 aromatic carbocycles. The molecule has 134 valence electrons. The van der Waals surface area contributed by atoms with Crippen molar-refractivity contribution in [3.63, 3.8) is 0 Å². The smallest absolute Gasteiger partial charge is 0.339 e. The summed E-state index contributed by atoms with van der Waals surface area (Å²) < 4.78 is 11.1. The average molecular weight is 352 g/mol. The van der Waals surface area contributed by atoms with Crippen LogP contribution in [0, 0.1) is 20.8 Å². The van der Waals surface area contributed by atoms with Gasteiger partial charge in [0.05, 0.1) is 17.6 Å². The van der Waals surface area contributed by atoms with E-state index in [1.165, 1.54) is 0 Å². The summed E-state index contributed by atoms with van der Waals surface area (Å²) in [6.45, 7) is 5.64. The van der Waals surface area contributed by atoms with Gasteiger partial charge in [0.25, 0.3) is 5.91 Å². The van der Waals surface area contributed by atoms with Crippen LogP contribution >= 0.6 is 0 Å². The molecule has 2 aromatic heterocycles. The van der Waals surface area contributed by atoms with Crippen LogP contribution in [0.3, 0.4) is 0 Å². The molecule has 0 saturated carbocycles. The van der Waals surface area contributed by atoms with Crippen LogP contribution in [0.15, 0.2) is 45.7 Å². The number of ether oxygens (including phenoxy) is 1. The SMILES string of the molecule is Cc1cc(OCC(=O)NCc2ccccn2)c2c(C)c(C)c(=O)oc2c1. The van der Waals surface area contributed by atoms with Gasteiger partial charge < -0.3 is 14.5 Å². The fourth-order valence-corrected chi connectivity index (χ4v) is 2.69. The molecule has 0 bridgehead atoms. The van der Waals surface area contributed by atoms with Crippen molar-refractivity contribution in [2.75, 3.05) is 6.61 Å². The van der Waals surface area contributed by atoms with E-state index in [1.54, 1.807) is 19.2 Å². The van der Waals surface area contributed by atoms with Crippen molar-refractivity contribution < 1.29 is 13.9 Å². The van der Waals surface area contributed by atoms with Crippen molar-refractivity contribution in [2.45, 2.75) is 27.3 Å². The number of rotatable bonds is 5. The van der Waals surface area contributed by atoms with Crippen molar-refractivity contribution in [3.05, 3.63) is 69.3 Å². The van der Waals surface area contributed by atoms with Crippen LogP contribution in [0.5, 0.6) is 5.75 Å². The summed E-state index contributed by atoms with van der Waals surface area (Å²) in [5, 5.41) is 3.48. The minimum absolute atomic E-state index is 0.136. The Hall–Kier alpha value is -3.15. The number of benzene rings is 1. The van der Waals surface area contributed by atoms with Crippen molar-refractivity contribution in [1.29, 1.82) is 0 Å². The third kappa shape index (κ3) is 3.74. The molecule has 1 N–H and O–H groups in total. The number of nitrogens with one attached hydrogen (secondary N) is 1. The quantitative estimate of drug-likeness (QED) is 0.714. The monoisotopic (exact) mass is 352 g/mol. The lowest BCUT2D eigenvalue weighted by molar-refractivity contribution is -0.123. The first-order valence-electron chi connectivity index (χ1n) is 8.30. The second-order valence-corrected chi connectivity index (χ2v) is 6.16. The number of fused-ring (bicyclic) bond motifs is 1. The van der Waals surface area contributed by atoms with Gasteiger partial charge in [-0.3, -0.25) is 9.78 Å². The van der Waals surface area contributed by atoms with Crippen molar-refractivity contribution in [3.8, 4) is 5.75 Å². The molecule has 0 fully saturated rings. The summed E-state index contributed by atoms with van der Waals surface area (Å²) in [5.41, 5.74) is 3.08. The Bertz CT molecular complexity index is 1010. The molecule has 0 aliphatic carbocycles. The van der Waals surface area contributed by atoms with E-state index >= 15 is 0 Å². The average Bonchev–Trinajstić information content (AvgIpc) is 2.63. The Kier molecular flexibility index (Phi) is 5.02. The zero-order valence-corrected chi connectivity index (χ0v) is 15.0. The van der Waals surface area contributed by atoms with Gasteiger partial charge in [-0.25, -0.2) is 4.79 Å². The highest BCUT2D eigenvalue weighted by molar-refractivity contribution is 5.88. The molecule has 3 aromatic rings. The molecular formula is C20H20N2O4. The molecule has 0 aliphatic rings. The lowest BCUT2D eigenvalue weighted by Crippen LogP contribution is -2.28. The Morgan fingerprint density at radius 1 is 1.19 bits per heavy atom. The highest BCUT2D eigenvalue weighted by Gasteiger charge is 2.14. The summed E-state index contributed by atoms with van der Waals surface area (Å²) in [5.74, 6) is 0.273. The van der Waals surface area contributed by atoms with Gasteiger partial charge in [0.15, 0.2) is 6.61 Å². The molecule has 0 spiro atoms. The number of pyridine rings is 1. The minimum atomic E-state index is -0.361. The lowest BCUT2D eigenvalue weighted by atomic mass is 10.0. The van der Waals surface area contributed by atoms with Gasteiger partial charge in [-0.05, 0) is 56.2 Å². The number of hydrogen-bond donors (Lipinski definition) is 1. The largest absolute Gasteiger partial charge is 0.483 e. The molecule has 0 unspecified atom stereocenters. The van der Waals surface area contributed by atoms with Gasteiger partial charge in [0.1, 0.15) is 11.3 Å². The Morgan fingerprint density at radius 2 is 2.00 bits per heavy atom. The predicted molar refractivity (Wildman–Crippen MR) is 98.3 cm³/mol. The zero-order chi connectivity index (χ0) is 18.7. The number of aryl methyl sites for hydroxylation is 2. The van der Waals surface area contributed by atoms with E-state index < -0.39 is 0 Å². The Labute approximate surface area is 150 Å². The maximum Gasteiger partial charge on any atom is 0.339 e. The zero-order valence-electron chi connectivity index (χ0n) is 15.0. The molecule has 2 heterocycles. The minimum Gasteiger partial charge on any atom is -0.483 e. The lowest BCUT2D eigenvalue weighted by Gasteiger charge is -2.13. The Balaban J connectivity index is 1.77. The summed E-state index contributed by atoms with van der Waals surface area (Å²) in [4.78, 5) is 28.1. The number of nitrogens with zero attached hydrogens (tertiary/aromatic N) is 1. The molecule has 0 aliphatic heterocycles. The maximum absolute atomic E-state index is 12.1. The number of carbonyl (C=O) groups is 1. The van der Waals surface area contributed by atoms with Crippen LogP contribution in [0.25, 0.3) is 11.0 Å². The standard InChI is InChI=1S/C20H20N2O4/c1-12-8-16(19-13(2)14(3)20(24)26-17(19)9-12)25-11-18(23)22-10-15-6-4-5-7-21-15/h4-9H,10-11H2,1-3H3,(H,22,23). The van der Waals surface area contributed by atoms with E-state index in [0.717, 1.165) is 16.8 Å². The van der Waals surface area contributed by atoms with Crippen LogP contribution in [0.4, 0.5) is 0 Å². The third-order valence-corrected chi connectivity index (χ3v) is 4.21. The molecule has 0 saturated heterocycles. The second kappa shape index (κ2) is 7.39. The predicted octanol–water partition coefficient (Wildman–Crippen LogP) is 2.81. The van der Waals surface area contributed by atoms with Gasteiger partial charge >= 0.3 is 5.63 Å². The molecule has 3 rings (SSSR count). The summed E-state index contributed by atoms with van der Waals surface area (Å²) in [6.07, 6.45) is 1.68. The molecule has 6 nitrogen and oxygen atoms in total. The van der Waals surface area contributed by atoms with Gasteiger partial charge in [0, 0.05) is 11.8 Å². The Morgan fingerprint density at radius 3 is 2.73 bits per heavy atom. The molecule has 0 radical (unpaired) electrons. The van der Waals surface area contributed by atoms with Gasteiger partial charge in [0.2, 0.25) is 0 Å². The first-order valence-corrected chi connectivity index (χ1v) is 8.30. The molecule has 0 atom stereocenters. The van der Waals surface area contributed by atoms with Crippen molar-refractivity contribution >= 4 is 16.9 Å². The molecule has 26 heavy (non-hydrogen) atoms. The van der Waals surface area contributed by atoms with Gasteiger partial charge in [-0.1, -0.05) is 6.07 Å². The van der Waals surface area contributed by atoms with E-state index in [2.05, 4.69) is 10.3 Å². The fourth-order valence-electron chi connectivity index (χ4n) is 2.69. The summed E-state index contributed by atoms with van der Waals surface area (Å²) >= 11 is 0. The van der Waals surface area contributed by atoms with Gasteiger partial charge in [-0.2, -0.15) is 0 Å². The van der Waals surface area contributed by atoms with Crippen LogP contribution in [-0.4, -0.2) is 17.5 Å². The topological polar surface area (TPSA) is 81.4 Å². The number of aromatic nitrogens is 1. The first kappa shape index (κ1) is 17.7. The van der Waals surface area contributed by atoms with Crippen molar-refractivity contribution in [1.82, 2.24) is 10.3 Å². The maximum atomic E-state index is 12.1. The van der Waals surface area contributed by atoms with E-state index in [1.807, 2.05) is 38.1 Å². The number of carbonyl (C=O) groups excluding carboxylic acids is 1. The van der Waals surface area contributed by atoms with E-state index in [0.29, 0.717) is 28.8 Å². The van der Waals surface area contributed by atoms with Crippen molar-refractivity contribution in [2.24, 2.45) is 0 Å². The number of hydrogen-bond acceptors (Lipinski definition) is 5. The molecular weight excluding hydrogens is 332 g/mol. The highest BCUT2D eigenvalue weighted by Crippen LogP contribution is 2.30. The summed E-state index contributed by atoms with van der Waals surface area (Å²) in [6, 6.07) is 9.14. The number of amides is 1. The molecule has 6 heteroatoms. The van der Waals surface area contributed by atoms with Crippen LogP contribution < -0.4 is 15.7 Å². The van der Waals surface area contributed by atoms with E-state index in [-0.39, 0.29) is 18.1 Å². The second-order valence-electron chi connectivity index (χ2n) is 6.16. The third-order valence-electron chi connectivity index (χ3n) is 4.21. The van der Waals surface area contributed by atoms with E-state index in [9.17, 15) is 9.59 Å². The molecule has 1 amide bonds. The first-order chi connectivity index (χ1) is 12.5. The highest BCUT2D eigenvalue weighted by atomic mass is 16.5. The van der Waals surface area contributed by atoms with E-state index in [4.69, 9.17) is 9.15 Å². The summed E-state index contributed by atoms with van der Waals surface area (Å²) in [7, 11) is 0. The van der Waals surface area contributed by atoms with Gasteiger partial charge in [-0.15, -0.1) is 0 Å². The van der Waals surface area contributed by atoms with Crippen LogP contribution in [-0.2, 0) is 11.3 Å². The fraction of sp³-hybridized carbons (Fsp3) is 0.250. The van der Waals surface area contributed by atoms with Crippen LogP contribution in [0.2, 0.25) is 0 Å².